The molecule has 1 aliphatic rings. The van der Waals surface area contributed by atoms with E-state index in [0.29, 0.717) is 23.5 Å². The van der Waals surface area contributed by atoms with Gasteiger partial charge in [-0.3, -0.25) is 4.68 Å². The highest BCUT2D eigenvalue weighted by atomic mass is 32.2. The van der Waals surface area contributed by atoms with Gasteiger partial charge in [0.15, 0.2) is 9.84 Å². The highest BCUT2D eigenvalue weighted by Crippen LogP contribution is 2.24. The second-order valence-corrected chi connectivity index (χ2v) is 7.70. The Morgan fingerprint density at radius 2 is 2.37 bits per heavy atom. The van der Waals surface area contributed by atoms with Gasteiger partial charge in [-0.05, 0) is 44.7 Å². The average Bonchev–Trinajstić information content (AvgIpc) is 2.91. The standard InChI is InChI=1S/C13H23N3O2S/c1-14-12(3-4-13-5-7-15-16(13)2)9-11-6-8-19(17,18)10-11/h5,7,11-12,14H,3-4,6,8-10H2,1-2H3. The van der Waals surface area contributed by atoms with Gasteiger partial charge in [-0.15, -0.1) is 0 Å². The summed E-state index contributed by atoms with van der Waals surface area (Å²) < 4.78 is 24.8. The van der Waals surface area contributed by atoms with E-state index in [-0.39, 0.29) is 0 Å². The monoisotopic (exact) mass is 285 g/mol. The van der Waals surface area contributed by atoms with Crippen molar-refractivity contribution in [3.63, 3.8) is 0 Å². The zero-order valence-corrected chi connectivity index (χ0v) is 12.5. The van der Waals surface area contributed by atoms with Gasteiger partial charge >= 0.3 is 0 Å². The van der Waals surface area contributed by atoms with Crippen molar-refractivity contribution in [3.05, 3.63) is 18.0 Å². The van der Waals surface area contributed by atoms with Gasteiger partial charge in [-0.1, -0.05) is 0 Å². The molecule has 0 aliphatic carbocycles. The molecule has 1 aromatic heterocycles. The summed E-state index contributed by atoms with van der Waals surface area (Å²) >= 11 is 0. The third kappa shape index (κ3) is 4.04. The van der Waals surface area contributed by atoms with Crippen LogP contribution in [-0.4, -0.2) is 42.8 Å². The van der Waals surface area contributed by atoms with E-state index >= 15 is 0 Å². The predicted octanol–water partition coefficient (Wildman–Crippen LogP) is 0.766. The van der Waals surface area contributed by atoms with Gasteiger partial charge < -0.3 is 5.32 Å². The van der Waals surface area contributed by atoms with Crippen molar-refractivity contribution < 1.29 is 8.42 Å². The van der Waals surface area contributed by atoms with Gasteiger partial charge in [-0.2, -0.15) is 5.10 Å². The Labute approximate surface area is 115 Å². The largest absolute Gasteiger partial charge is 0.317 e. The maximum absolute atomic E-state index is 11.5. The number of nitrogens with one attached hydrogen (secondary N) is 1. The summed E-state index contributed by atoms with van der Waals surface area (Å²) in [4.78, 5) is 0. The van der Waals surface area contributed by atoms with Crippen LogP contribution in [0.3, 0.4) is 0 Å². The van der Waals surface area contributed by atoms with Gasteiger partial charge in [0.25, 0.3) is 0 Å². The summed E-state index contributed by atoms with van der Waals surface area (Å²) in [6.45, 7) is 0. The van der Waals surface area contributed by atoms with Crippen LogP contribution < -0.4 is 5.32 Å². The Morgan fingerprint density at radius 1 is 1.58 bits per heavy atom. The second kappa shape index (κ2) is 6.05. The van der Waals surface area contributed by atoms with E-state index in [2.05, 4.69) is 10.4 Å². The van der Waals surface area contributed by atoms with Crippen LogP contribution in [0.2, 0.25) is 0 Å². The fourth-order valence-electron chi connectivity index (χ4n) is 2.81. The number of sulfone groups is 1. The van der Waals surface area contributed by atoms with E-state index in [1.54, 1.807) is 0 Å². The van der Waals surface area contributed by atoms with Crippen LogP contribution in [-0.2, 0) is 23.3 Å². The molecule has 0 bridgehead atoms. The van der Waals surface area contributed by atoms with Gasteiger partial charge in [-0.25, -0.2) is 8.42 Å². The summed E-state index contributed by atoms with van der Waals surface area (Å²) in [6.07, 6.45) is 5.58. The van der Waals surface area contributed by atoms with Crippen molar-refractivity contribution in [1.82, 2.24) is 15.1 Å². The first-order valence-corrected chi connectivity index (χ1v) is 8.67. The molecule has 19 heavy (non-hydrogen) atoms. The van der Waals surface area contributed by atoms with Crippen LogP contribution in [0, 0.1) is 5.92 Å². The molecular weight excluding hydrogens is 262 g/mol. The first-order chi connectivity index (χ1) is 9.00. The molecule has 108 valence electrons. The molecule has 0 aromatic carbocycles. The Bertz CT molecular complexity index is 510. The zero-order valence-electron chi connectivity index (χ0n) is 11.7. The lowest BCUT2D eigenvalue weighted by molar-refractivity contribution is 0.404. The van der Waals surface area contributed by atoms with Crippen LogP contribution in [0.4, 0.5) is 0 Å². The topological polar surface area (TPSA) is 64.0 Å². The van der Waals surface area contributed by atoms with Crippen LogP contribution in [0.25, 0.3) is 0 Å². The molecular formula is C13H23N3O2S. The molecule has 1 aliphatic heterocycles. The molecule has 0 spiro atoms. The normalized spacial score (nSPS) is 23.6. The SMILES string of the molecule is CNC(CCc1ccnn1C)CC1CCS(=O)(=O)C1. The highest BCUT2D eigenvalue weighted by Gasteiger charge is 2.29. The quantitative estimate of drug-likeness (QED) is 0.838. The highest BCUT2D eigenvalue weighted by molar-refractivity contribution is 7.91. The van der Waals surface area contributed by atoms with Crippen LogP contribution in [0.1, 0.15) is 25.0 Å². The lowest BCUT2D eigenvalue weighted by atomic mass is 9.96. The van der Waals surface area contributed by atoms with E-state index < -0.39 is 9.84 Å². The van der Waals surface area contributed by atoms with Crippen molar-refractivity contribution in [2.24, 2.45) is 13.0 Å². The van der Waals surface area contributed by atoms with Crippen LogP contribution in [0.15, 0.2) is 12.3 Å². The molecule has 1 N–H and O–H groups in total. The maximum Gasteiger partial charge on any atom is 0.150 e. The number of hydrogen-bond donors (Lipinski definition) is 1. The Kier molecular flexibility index (Phi) is 4.62. The van der Waals surface area contributed by atoms with Gasteiger partial charge in [0, 0.05) is 25.0 Å². The van der Waals surface area contributed by atoms with Gasteiger partial charge in [0.05, 0.1) is 11.5 Å². The lowest BCUT2D eigenvalue weighted by Crippen LogP contribution is -2.29. The second-order valence-electron chi connectivity index (χ2n) is 5.48. The minimum Gasteiger partial charge on any atom is -0.317 e. The molecule has 2 atom stereocenters. The van der Waals surface area contributed by atoms with E-state index in [0.717, 1.165) is 25.7 Å². The summed E-state index contributed by atoms with van der Waals surface area (Å²) in [5.74, 6) is 1.07. The summed E-state index contributed by atoms with van der Waals surface area (Å²) in [5.41, 5.74) is 1.22. The van der Waals surface area contributed by atoms with Crippen molar-refractivity contribution in [2.75, 3.05) is 18.6 Å². The van der Waals surface area contributed by atoms with Crippen LogP contribution in [0.5, 0.6) is 0 Å². The van der Waals surface area contributed by atoms with Gasteiger partial charge in [0.1, 0.15) is 0 Å². The van der Waals surface area contributed by atoms with Crippen molar-refractivity contribution in [2.45, 2.75) is 31.7 Å². The number of aromatic nitrogens is 2. The van der Waals surface area contributed by atoms with Gasteiger partial charge in [0.2, 0.25) is 0 Å². The average molecular weight is 285 g/mol. The Balaban J connectivity index is 1.82. The van der Waals surface area contributed by atoms with Crippen molar-refractivity contribution in [3.8, 4) is 0 Å². The summed E-state index contributed by atoms with van der Waals surface area (Å²) in [6, 6.07) is 2.42. The number of nitrogens with zero attached hydrogens (tertiary/aromatic N) is 2. The fourth-order valence-corrected chi connectivity index (χ4v) is 4.69. The molecule has 0 radical (unpaired) electrons. The van der Waals surface area contributed by atoms with Crippen molar-refractivity contribution >= 4 is 9.84 Å². The molecule has 1 fully saturated rings. The zero-order chi connectivity index (χ0) is 13.9. The lowest BCUT2D eigenvalue weighted by Gasteiger charge is -2.19. The Hall–Kier alpha value is -0.880. The smallest absolute Gasteiger partial charge is 0.150 e. The third-order valence-corrected chi connectivity index (χ3v) is 5.86. The van der Waals surface area contributed by atoms with E-state index in [1.165, 1.54) is 5.69 Å². The van der Waals surface area contributed by atoms with Crippen molar-refractivity contribution in [1.29, 1.82) is 0 Å². The third-order valence-electron chi connectivity index (χ3n) is 4.02. The van der Waals surface area contributed by atoms with E-state index in [1.807, 2.05) is 31.0 Å². The minimum atomic E-state index is -2.76. The molecule has 2 heterocycles. The molecule has 2 unspecified atom stereocenters. The van der Waals surface area contributed by atoms with Crippen LogP contribution >= 0.6 is 0 Å². The molecule has 0 amide bonds. The van der Waals surface area contributed by atoms with E-state index in [4.69, 9.17) is 0 Å². The number of hydrogen-bond acceptors (Lipinski definition) is 4. The minimum absolute atomic E-state index is 0.328. The molecule has 0 saturated carbocycles. The Morgan fingerprint density at radius 3 is 2.89 bits per heavy atom. The fraction of sp³-hybridized carbons (Fsp3) is 0.769. The first kappa shape index (κ1) is 14.5. The maximum atomic E-state index is 11.5. The first-order valence-electron chi connectivity index (χ1n) is 6.85. The molecule has 1 saturated heterocycles. The predicted molar refractivity (Wildman–Crippen MR) is 75.8 cm³/mol. The molecule has 1 aromatic rings. The van der Waals surface area contributed by atoms with E-state index in [9.17, 15) is 8.42 Å². The number of aryl methyl sites for hydroxylation is 2. The number of rotatable bonds is 6. The summed E-state index contributed by atoms with van der Waals surface area (Å²) in [5, 5.41) is 7.47. The molecule has 2 rings (SSSR count). The summed E-state index contributed by atoms with van der Waals surface area (Å²) in [7, 11) is 1.15. The molecule has 5 nitrogen and oxygen atoms in total. The molecule has 6 heteroatoms.